The summed E-state index contributed by atoms with van der Waals surface area (Å²) in [4.78, 5) is 0. The van der Waals surface area contributed by atoms with E-state index in [0.717, 1.165) is 0 Å². The van der Waals surface area contributed by atoms with E-state index in [0.29, 0.717) is 0 Å². The third-order valence-corrected chi connectivity index (χ3v) is 2.14. The van der Waals surface area contributed by atoms with E-state index in [2.05, 4.69) is 51.1 Å². The Labute approximate surface area is 130 Å². The van der Waals surface area contributed by atoms with Gasteiger partial charge >= 0.3 is 26.2 Å². The van der Waals surface area contributed by atoms with Crippen molar-refractivity contribution in [1.29, 1.82) is 0 Å². The molecule has 0 aliphatic carbocycles. The van der Waals surface area contributed by atoms with Crippen molar-refractivity contribution >= 4 is 0 Å². The quantitative estimate of drug-likeness (QED) is 0.477. The summed E-state index contributed by atoms with van der Waals surface area (Å²) in [6.45, 7) is 6.32. The summed E-state index contributed by atoms with van der Waals surface area (Å²) in [6, 6.07) is 14.6. The van der Waals surface area contributed by atoms with E-state index in [-0.39, 0.29) is 51.0 Å². The van der Waals surface area contributed by atoms with Crippen LogP contribution in [-0.2, 0) is 26.2 Å². The maximum Gasteiger partial charge on any atom is 4.00 e. The summed E-state index contributed by atoms with van der Waals surface area (Å²) in [5.41, 5.74) is 4.12. The van der Waals surface area contributed by atoms with Crippen molar-refractivity contribution in [3.63, 3.8) is 0 Å². The molecular formula is C13H16Cl2Zr. The van der Waals surface area contributed by atoms with Gasteiger partial charge in [0.05, 0.1) is 0 Å². The molecule has 2 rings (SSSR count). The Morgan fingerprint density at radius 1 is 0.875 bits per heavy atom. The third-order valence-electron chi connectivity index (χ3n) is 2.14. The van der Waals surface area contributed by atoms with Crippen molar-refractivity contribution in [1.82, 2.24) is 0 Å². The molecule has 0 fully saturated rings. The zero-order valence-corrected chi connectivity index (χ0v) is 13.8. The summed E-state index contributed by atoms with van der Waals surface area (Å²) in [5, 5.41) is 0. The number of aryl methyl sites for hydroxylation is 3. The van der Waals surface area contributed by atoms with E-state index in [1.165, 1.54) is 16.7 Å². The smallest absolute Gasteiger partial charge is 1.00 e. The van der Waals surface area contributed by atoms with Gasteiger partial charge in [0.1, 0.15) is 0 Å². The fraction of sp³-hybridized carbons (Fsp3) is 0.231. The number of hydrogen-bond donors (Lipinski definition) is 0. The molecule has 16 heavy (non-hydrogen) atoms. The zero-order chi connectivity index (χ0) is 9.68. The van der Waals surface area contributed by atoms with Gasteiger partial charge in [-0.25, -0.2) is 24.3 Å². The van der Waals surface area contributed by atoms with E-state index >= 15 is 0 Å². The van der Waals surface area contributed by atoms with Crippen LogP contribution in [0.2, 0.25) is 0 Å². The second kappa shape index (κ2) is 11.6. The van der Waals surface area contributed by atoms with E-state index in [1.807, 2.05) is 12.1 Å². The summed E-state index contributed by atoms with van der Waals surface area (Å²) >= 11 is 0. The monoisotopic (exact) mass is 332 g/mol. The predicted molar refractivity (Wildman–Crippen MR) is 58.3 cm³/mol. The topological polar surface area (TPSA) is 0 Å². The van der Waals surface area contributed by atoms with Gasteiger partial charge in [0.2, 0.25) is 0 Å². The molecule has 0 aliphatic rings. The molecule has 0 unspecified atom stereocenters. The molecule has 0 bridgehead atoms. The molecule has 2 aromatic carbocycles. The van der Waals surface area contributed by atoms with Gasteiger partial charge in [-0.05, 0) is 0 Å². The molecular weight excluding hydrogens is 318 g/mol. The van der Waals surface area contributed by atoms with Crippen molar-refractivity contribution in [2.45, 2.75) is 20.8 Å². The molecule has 86 valence electrons. The maximum absolute atomic E-state index is 2.12. The van der Waals surface area contributed by atoms with E-state index < -0.39 is 0 Å². The van der Waals surface area contributed by atoms with Crippen molar-refractivity contribution in [3.05, 3.63) is 59.2 Å². The van der Waals surface area contributed by atoms with Crippen LogP contribution in [0.1, 0.15) is 16.7 Å². The summed E-state index contributed by atoms with van der Waals surface area (Å²) in [6.07, 6.45) is 0. The molecule has 0 radical (unpaired) electrons. The van der Waals surface area contributed by atoms with Crippen LogP contribution in [0.4, 0.5) is 0 Å². The second-order valence-electron chi connectivity index (χ2n) is 3.35. The normalized spacial score (nSPS) is 7.44. The van der Waals surface area contributed by atoms with Gasteiger partial charge in [0, 0.05) is 0 Å². The molecule has 3 heteroatoms. The van der Waals surface area contributed by atoms with Crippen LogP contribution in [0, 0.1) is 20.8 Å². The molecule has 0 heterocycles. The van der Waals surface area contributed by atoms with Crippen molar-refractivity contribution in [3.8, 4) is 0 Å². The molecule has 0 nitrogen and oxygen atoms in total. The molecule has 2 aromatic rings. The average molecular weight is 334 g/mol. The van der Waals surface area contributed by atoms with E-state index in [4.69, 9.17) is 0 Å². The van der Waals surface area contributed by atoms with Crippen molar-refractivity contribution < 1.29 is 51.0 Å². The number of hydrogen-bond acceptors (Lipinski definition) is 0. The number of rotatable bonds is 0. The van der Waals surface area contributed by atoms with Crippen LogP contribution in [0.15, 0.2) is 42.5 Å². The van der Waals surface area contributed by atoms with Crippen LogP contribution >= 0.6 is 0 Å². The van der Waals surface area contributed by atoms with E-state index in [9.17, 15) is 0 Å². The average Bonchev–Trinajstić information content (AvgIpc) is 2.67. The zero-order valence-electron chi connectivity index (χ0n) is 9.80. The minimum Gasteiger partial charge on any atom is -1.00 e. The minimum atomic E-state index is 0. The SMILES string of the molecule is C[c-]1cccc1.Cc1ccc[c-]1C.[Cl-].[Cl-].[Zr+4]. The van der Waals surface area contributed by atoms with Crippen LogP contribution in [0.25, 0.3) is 0 Å². The van der Waals surface area contributed by atoms with Gasteiger partial charge in [0.25, 0.3) is 0 Å². The summed E-state index contributed by atoms with van der Waals surface area (Å²) in [7, 11) is 0. The van der Waals surface area contributed by atoms with Crippen molar-refractivity contribution in [2.75, 3.05) is 0 Å². The fourth-order valence-corrected chi connectivity index (χ4v) is 1.07. The maximum atomic E-state index is 2.12. The Hall–Kier alpha value is 0.163. The van der Waals surface area contributed by atoms with Crippen molar-refractivity contribution in [2.24, 2.45) is 0 Å². The summed E-state index contributed by atoms with van der Waals surface area (Å²) in [5.74, 6) is 0. The van der Waals surface area contributed by atoms with Crippen LogP contribution in [0.5, 0.6) is 0 Å². The first kappa shape index (κ1) is 21.4. The Morgan fingerprint density at radius 2 is 1.38 bits per heavy atom. The van der Waals surface area contributed by atoms with Gasteiger partial charge in [-0.15, -0.1) is 0 Å². The summed E-state index contributed by atoms with van der Waals surface area (Å²) < 4.78 is 0. The Bertz CT molecular complexity index is 320. The van der Waals surface area contributed by atoms with Crippen LogP contribution < -0.4 is 24.8 Å². The predicted octanol–water partition coefficient (Wildman–Crippen LogP) is -2.26. The van der Waals surface area contributed by atoms with E-state index in [1.54, 1.807) is 0 Å². The third kappa shape index (κ3) is 8.33. The molecule has 0 saturated heterocycles. The van der Waals surface area contributed by atoms with Gasteiger partial charge in [-0.3, -0.25) is 0 Å². The minimum absolute atomic E-state index is 0. The fourth-order valence-electron chi connectivity index (χ4n) is 1.07. The van der Waals surface area contributed by atoms with Gasteiger partial charge < -0.3 is 24.8 Å². The largest absolute Gasteiger partial charge is 4.00 e. The molecule has 0 spiro atoms. The van der Waals surface area contributed by atoms with Gasteiger partial charge in [-0.2, -0.15) is 34.9 Å². The van der Waals surface area contributed by atoms with Crippen LogP contribution in [-0.4, -0.2) is 0 Å². The second-order valence-corrected chi connectivity index (χ2v) is 3.35. The Balaban J connectivity index is -0.000000179. The van der Waals surface area contributed by atoms with Gasteiger partial charge in [0.15, 0.2) is 0 Å². The Kier molecular flexibility index (Phi) is 15.6. The molecule has 0 atom stereocenters. The first-order chi connectivity index (χ1) is 6.20. The molecule has 0 aromatic heterocycles. The molecule has 0 aliphatic heterocycles. The Morgan fingerprint density at radius 3 is 1.50 bits per heavy atom. The molecule has 0 amide bonds. The standard InChI is InChI=1S/C7H9.C6H7.2ClH.Zr/c1-6-4-3-5-7(6)2;1-6-4-2-3-5-6;;;/h3-5H,1-2H3;2-5H,1H3;2*1H;/q2*-1;;;+4/p-2. The molecule has 0 saturated carbocycles. The van der Waals surface area contributed by atoms with Crippen LogP contribution in [0.3, 0.4) is 0 Å². The number of halogens is 2. The first-order valence-electron chi connectivity index (χ1n) is 4.57. The first-order valence-corrected chi connectivity index (χ1v) is 4.57. The molecule has 0 N–H and O–H groups in total. The van der Waals surface area contributed by atoms with Gasteiger partial charge in [-0.1, -0.05) is 20.8 Å².